The average Bonchev–Trinajstić information content (AvgIpc) is 3.69. The summed E-state index contributed by atoms with van der Waals surface area (Å²) in [4.78, 5) is 92.4. The highest BCUT2D eigenvalue weighted by atomic mass is 19.1. The van der Waals surface area contributed by atoms with Gasteiger partial charge in [0.25, 0.3) is 0 Å². The van der Waals surface area contributed by atoms with Gasteiger partial charge in [0.2, 0.25) is 35.4 Å². The Labute approximate surface area is 355 Å². The van der Waals surface area contributed by atoms with Crippen molar-refractivity contribution in [1.29, 1.82) is 0 Å². The van der Waals surface area contributed by atoms with Crippen LogP contribution in [-0.4, -0.2) is 79.7 Å². The van der Waals surface area contributed by atoms with Crippen LogP contribution in [0.25, 0.3) is 0 Å². The van der Waals surface area contributed by atoms with E-state index in [9.17, 15) is 38.0 Å². The third-order valence-electron chi connectivity index (χ3n) is 11.2. The van der Waals surface area contributed by atoms with E-state index in [4.69, 9.17) is 4.74 Å². The van der Waals surface area contributed by atoms with Gasteiger partial charge in [-0.05, 0) is 78.8 Å². The molecule has 1 saturated heterocycles. The molecule has 0 aromatic heterocycles. The van der Waals surface area contributed by atoms with Gasteiger partial charge in [-0.15, -0.1) is 0 Å². The summed E-state index contributed by atoms with van der Waals surface area (Å²) in [6.07, 6.45) is 5.07. The van der Waals surface area contributed by atoms with Crippen molar-refractivity contribution in [2.24, 2.45) is 5.41 Å². The largest absolute Gasteiger partial charge is 0.467 e. The number of rotatable bonds is 10. The molecule has 1 aliphatic heterocycles. The Morgan fingerprint density at radius 3 is 2.15 bits per heavy atom. The van der Waals surface area contributed by atoms with Gasteiger partial charge < -0.3 is 36.6 Å². The first-order valence-corrected chi connectivity index (χ1v) is 21.1. The van der Waals surface area contributed by atoms with Gasteiger partial charge in [0.1, 0.15) is 23.9 Å². The Morgan fingerprint density at radius 2 is 1.44 bits per heavy atom. The van der Waals surface area contributed by atoms with Crippen molar-refractivity contribution >= 4 is 47.1 Å². The van der Waals surface area contributed by atoms with E-state index in [1.54, 1.807) is 54.6 Å². The summed E-state index contributed by atoms with van der Waals surface area (Å²) in [6, 6.07) is 18.8. The Bertz CT molecular complexity index is 1990. The van der Waals surface area contributed by atoms with Crippen LogP contribution in [0.1, 0.15) is 87.3 Å². The summed E-state index contributed by atoms with van der Waals surface area (Å²) in [5.74, 6) is -3.40. The number of hydrogen-bond acceptors (Lipinski definition) is 8. The van der Waals surface area contributed by atoms with E-state index in [-0.39, 0.29) is 62.4 Å². The number of hydrogen-bond donors (Lipinski definition) is 6. The van der Waals surface area contributed by atoms with Crippen molar-refractivity contribution in [3.63, 3.8) is 0 Å². The lowest BCUT2D eigenvalue weighted by molar-refractivity contribution is -0.145. The lowest BCUT2D eigenvalue weighted by atomic mass is 9.78. The molecule has 1 aliphatic carbocycles. The van der Waals surface area contributed by atoms with E-state index in [2.05, 4.69) is 31.9 Å². The second-order valence-electron chi connectivity index (χ2n) is 16.0. The molecule has 61 heavy (non-hydrogen) atoms. The highest BCUT2D eigenvalue weighted by molar-refractivity contribution is 5.97. The fourth-order valence-electron chi connectivity index (χ4n) is 8.00. The fourth-order valence-corrected chi connectivity index (χ4v) is 8.00. The number of carbonyl (C=O) groups is 7. The second-order valence-corrected chi connectivity index (χ2v) is 16.0. The molecule has 0 radical (unpaired) electrons. The van der Waals surface area contributed by atoms with Gasteiger partial charge >= 0.3 is 5.97 Å². The predicted molar refractivity (Wildman–Crippen MR) is 226 cm³/mol. The quantitative estimate of drug-likeness (QED) is 0.165. The van der Waals surface area contributed by atoms with E-state index in [0.29, 0.717) is 56.3 Å². The zero-order valence-corrected chi connectivity index (χ0v) is 34.7. The minimum Gasteiger partial charge on any atom is -0.467 e. The molecule has 6 amide bonds. The van der Waals surface area contributed by atoms with E-state index in [1.807, 2.05) is 18.2 Å². The normalized spacial score (nSPS) is 19.9. The summed E-state index contributed by atoms with van der Waals surface area (Å²) >= 11 is 0. The molecule has 2 fully saturated rings. The van der Waals surface area contributed by atoms with E-state index < -0.39 is 59.0 Å². The molecule has 6 N–H and O–H groups in total. The predicted octanol–water partition coefficient (Wildman–Crippen LogP) is 3.96. The van der Waals surface area contributed by atoms with Crippen molar-refractivity contribution in [1.82, 2.24) is 26.6 Å². The van der Waals surface area contributed by atoms with Crippen LogP contribution >= 0.6 is 0 Å². The number of benzene rings is 3. The second kappa shape index (κ2) is 23.0. The Hall–Kier alpha value is -6.12. The van der Waals surface area contributed by atoms with Crippen molar-refractivity contribution in [2.45, 2.75) is 108 Å². The molecule has 3 atom stereocenters. The number of anilines is 1. The van der Waals surface area contributed by atoms with Crippen LogP contribution in [0.3, 0.4) is 0 Å². The number of ether oxygens (including phenoxy) is 1. The van der Waals surface area contributed by atoms with Crippen LogP contribution in [0.2, 0.25) is 0 Å². The van der Waals surface area contributed by atoms with E-state index >= 15 is 0 Å². The Morgan fingerprint density at radius 1 is 0.770 bits per heavy atom. The van der Waals surface area contributed by atoms with Gasteiger partial charge in [0, 0.05) is 50.9 Å². The molecule has 326 valence electrons. The standard InChI is InChI=1S/C46H57FN6O8/c1-61-45(60)36-16-7-10-24-48-39(54)17-11-25-49-43(58)37(53-42(57)30-46(22-8-9-23-46)29-41(56)51-36)26-32-18-20-34(21-19-32)50-44(59)38(28-33-14-5-6-15-35(33)47)52-40(55)27-31-12-3-2-4-13-31/h2-6,12-15,18-21,36-38H,7-11,16-17,22-30H2,1H3,(H,48,54)(H,49,58)(H,50,59)(H,51,56)(H,52,55)(H,53,57)/t36-,37+,38+/m1/s1. The summed E-state index contributed by atoms with van der Waals surface area (Å²) in [7, 11) is 1.26. The molecule has 2 aliphatic rings. The molecule has 3 aromatic carbocycles. The smallest absolute Gasteiger partial charge is 0.328 e. The molecule has 3 aromatic rings. The van der Waals surface area contributed by atoms with Crippen LogP contribution < -0.4 is 31.9 Å². The first-order valence-electron chi connectivity index (χ1n) is 21.1. The average molecular weight is 841 g/mol. The molecule has 1 heterocycles. The van der Waals surface area contributed by atoms with Crippen molar-refractivity contribution < 1.29 is 42.7 Å². The maximum absolute atomic E-state index is 14.7. The number of methoxy groups -OCH3 is 1. The highest BCUT2D eigenvalue weighted by Crippen LogP contribution is 2.44. The van der Waals surface area contributed by atoms with E-state index in [0.717, 1.165) is 18.4 Å². The monoisotopic (exact) mass is 840 g/mol. The first-order chi connectivity index (χ1) is 29.4. The third-order valence-corrected chi connectivity index (χ3v) is 11.2. The van der Waals surface area contributed by atoms with Crippen LogP contribution in [-0.2, 0) is 57.6 Å². The van der Waals surface area contributed by atoms with Gasteiger partial charge in [-0.2, -0.15) is 0 Å². The van der Waals surface area contributed by atoms with Crippen LogP contribution in [0, 0.1) is 11.2 Å². The molecule has 14 nitrogen and oxygen atoms in total. The molecular weight excluding hydrogens is 784 g/mol. The van der Waals surface area contributed by atoms with Gasteiger partial charge in [-0.25, -0.2) is 9.18 Å². The highest BCUT2D eigenvalue weighted by Gasteiger charge is 2.39. The third kappa shape index (κ3) is 14.8. The zero-order chi connectivity index (χ0) is 43.6. The molecule has 15 heteroatoms. The summed E-state index contributed by atoms with van der Waals surface area (Å²) in [6.45, 7) is 0.594. The Balaban J connectivity index is 1.28. The molecule has 5 rings (SSSR count). The molecule has 1 saturated carbocycles. The number of nitrogens with one attached hydrogen (secondary N) is 6. The van der Waals surface area contributed by atoms with Gasteiger partial charge in [0.05, 0.1) is 13.5 Å². The van der Waals surface area contributed by atoms with Gasteiger partial charge in [0.15, 0.2) is 0 Å². The molecule has 0 bridgehead atoms. The van der Waals surface area contributed by atoms with Crippen molar-refractivity contribution in [2.75, 3.05) is 25.5 Å². The number of carbonyl (C=O) groups excluding carboxylic acids is 7. The van der Waals surface area contributed by atoms with Crippen molar-refractivity contribution in [3.05, 3.63) is 101 Å². The SMILES string of the molecule is COC(=O)[C@H]1CCCCNC(=O)CCCNC(=O)[C@H](Cc2ccc(NC(=O)[C@H](Cc3ccccc3F)NC(=O)Cc3ccccc3)cc2)NC(=O)CC2(CCCC2)CC(=O)N1. The zero-order valence-electron chi connectivity index (χ0n) is 34.7. The van der Waals surface area contributed by atoms with Crippen molar-refractivity contribution in [3.8, 4) is 0 Å². The van der Waals surface area contributed by atoms with Gasteiger partial charge in [-0.3, -0.25) is 28.8 Å². The fraction of sp³-hybridized carbons (Fsp3) is 0.457. The number of halogens is 1. The number of esters is 1. The molecule has 0 unspecified atom stereocenters. The lowest BCUT2D eigenvalue weighted by Gasteiger charge is -2.29. The van der Waals surface area contributed by atoms with Crippen LogP contribution in [0.5, 0.6) is 0 Å². The van der Waals surface area contributed by atoms with Crippen LogP contribution in [0.15, 0.2) is 78.9 Å². The molecule has 1 spiro atoms. The minimum atomic E-state index is -1.09. The number of amides is 6. The summed E-state index contributed by atoms with van der Waals surface area (Å²) in [5.41, 5.74) is 1.43. The van der Waals surface area contributed by atoms with Gasteiger partial charge in [-0.1, -0.05) is 73.5 Å². The molecular formula is C46H57FN6O8. The maximum Gasteiger partial charge on any atom is 0.328 e. The maximum atomic E-state index is 14.7. The summed E-state index contributed by atoms with van der Waals surface area (Å²) in [5, 5.41) is 17.0. The van der Waals surface area contributed by atoms with Crippen LogP contribution in [0.4, 0.5) is 10.1 Å². The Kier molecular flexibility index (Phi) is 17.4. The minimum absolute atomic E-state index is 0.00810. The lowest BCUT2D eigenvalue weighted by Crippen LogP contribution is -2.49. The topological polar surface area (TPSA) is 201 Å². The van der Waals surface area contributed by atoms with E-state index in [1.165, 1.54) is 13.2 Å². The first kappa shape index (κ1) is 46.0. The summed E-state index contributed by atoms with van der Waals surface area (Å²) < 4.78 is 19.6.